The monoisotopic (exact) mass is 472 g/mol. The number of hydrogen-bond acceptors (Lipinski definition) is 3. The maximum atomic E-state index is 12.5. The minimum absolute atomic E-state index is 0.234. The third kappa shape index (κ3) is 3.29. The van der Waals surface area contributed by atoms with Crippen LogP contribution in [0.15, 0.2) is 78.8 Å². The molecule has 0 spiro atoms. The van der Waals surface area contributed by atoms with E-state index < -0.39 is 0 Å². The lowest BCUT2D eigenvalue weighted by Gasteiger charge is -2.24. The molecule has 26 heavy (non-hydrogen) atoms. The molecule has 0 N–H and O–H groups in total. The van der Waals surface area contributed by atoms with Gasteiger partial charge >= 0.3 is 5.63 Å². The molecule has 0 saturated carbocycles. The highest BCUT2D eigenvalue weighted by molar-refractivity contribution is 9.10. The van der Waals surface area contributed by atoms with Gasteiger partial charge in [-0.2, -0.15) is 0 Å². The van der Waals surface area contributed by atoms with Gasteiger partial charge in [-0.1, -0.05) is 56.1 Å². The Morgan fingerprint density at radius 3 is 2.19 bits per heavy atom. The fraction of sp³-hybridized carbons (Fsp3) is 0.0952. The third-order valence-corrected chi connectivity index (χ3v) is 5.34. The molecule has 0 radical (unpaired) electrons. The largest absolute Gasteiger partial charge is 0.456 e. The number of allylic oxidation sites excluding steroid dienone is 1. The number of benzene rings is 2. The minimum atomic E-state index is -0.362. The molecular formula is C21H14Br2O3. The molecule has 0 bridgehead atoms. The second-order valence-corrected chi connectivity index (χ2v) is 7.92. The molecule has 5 heteroatoms. The molecule has 2 aromatic carbocycles. The number of ether oxygens (including phenoxy) is 1. The van der Waals surface area contributed by atoms with E-state index in [0.717, 1.165) is 25.8 Å². The summed E-state index contributed by atoms with van der Waals surface area (Å²) >= 11 is 6.91. The van der Waals surface area contributed by atoms with E-state index in [9.17, 15) is 4.79 Å². The summed E-state index contributed by atoms with van der Waals surface area (Å²) in [5, 5.41) is 0. The Morgan fingerprint density at radius 2 is 1.54 bits per heavy atom. The van der Waals surface area contributed by atoms with Crippen molar-refractivity contribution in [3.63, 3.8) is 0 Å². The first kappa shape index (κ1) is 17.3. The van der Waals surface area contributed by atoms with Crippen LogP contribution in [0, 0.1) is 6.92 Å². The first-order chi connectivity index (χ1) is 12.5. The molecule has 4 rings (SSSR count). The van der Waals surface area contributed by atoms with Crippen molar-refractivity contribution in [2.45, 2.75) is 12.8 Å². The maximum Gasteiger partial charge on any atom is 0.343 e. The average molecular weight is 474 g/mol. The van der Waals surface area contributed by atoms with Crippen molar-refractivity contribution < 1.29 is 9.15 Å². The van der Waals surface area contributed by atoms with Gasteiger partial charge in [-0.25, -0.2) is 4.79 Å². The second kappa shape index (κ2) is 6.89. The summed E-state index contributed by atoms with van der Waals surface area (Å²) in [6, 6.07) is 17.6. The molecule has 3 nitrogen and oxygen atoms in total. The summed E-state index contributed by atoms with van der Waals surface area (Å²) in [5.41, 5.74) is 2.12. The van der Waals surface area contributed by atoms with Gasteiger partial charge in [0.05, 0.1) is 5.56 Å². The van der Waals surface area contributed by atoms with Crippen LogP contribution in [0.5, 0.6) is 5.75 Å². The smallest absolute Gasteiger partial charge is 0.343 e. The molecule has 1 aromatic heterocycles. The number of halogens is 2. The van der Waals surface area contributed by atoms with Gasteiger partial charge in [-0.3, -0.25) is 0 Å². The molecular weight excluding hydrogens is 460 g/mol. The minimum Gasteiger partial charge on any atom is -0.456 e. The number of fused-ring (bicyclic) bond motifs is 1. The number of hydrogen-bond donors (Lipinski definition) is 0. The Labute approximate surface area is 167 Å². The van der Waals surface area contributed by atoms with Gasteiger partial charge < -0.3 is 9.15 Å². The van der Waals surface area contributed by atoms with Gasteiger partial charge in [0, 0.05) is 26.5 Å². The molecule has 1 unspecified atom stereocenters. The van der Waals surface area contributed by atoms with Crippen molar-refractivity contribution in [2.75, 3.05) is 0 Å². The molecule has 1 aliphatic rings. The van der Waals surface area contributed by atoms with Crippen LogP contribution < -0.4 is 10.4 Å². The zero-order chi connectivity index (χ0) is 18.3. The standard InChI is InChI=1S/C21H14Br2O3/c1-12-10-19-20(21(24)25-12)17(13-2-6-15(22)7-3-13)11-18(26-19)14-4-8-16(23)9-5-14/h2-11,17H,1H3. The summed E-state index contributed by atoms with van der Waals surface area (Å²) < 4.78 is 13.4. The second-order valence-electron chi connectivity index (χ2n) is 6.09. The van der Waals surface area contributed by atoms with E-state index in [1.165, 1.54) is 0 Å². The van der Waals surface area contributed by atoms with Crippen LogP contribution in [0.25, 0.3) is 5.76 Å². The Morgan fingerprint density at radius 1 is 0.923 bits per heavy atom. The van der Waals surface area contributed by atoms with Crippen LogP contribution in [0.4, 0.5) is 0 Å². The highest BCUT2D eigenvalue weighted by Crippen LogP contribution is 2.39. The van der Waals surface area contributed by atoms with Crippen LogP contribution >= 0.6 is 31.9 Å². The van der Waals surface area contributed by atoms with Crippen LogP contribution in [0.2, 0.25) is 0 Å². The van der Waals surface area contributed by atoms with Gasteiger partial charge in [-0.15, -0.1) is 0 Å². The predicted molar refractivity (Wildman–Crippen MR) is 108 cm³/mol. The van der Waals surface area contributed by atoms with Gasteiger partial charge in [0.15, 0.2) is 0 Å². The third-order valence-electron chi connectivity index (χ3n) is 4.28. The van der Waals surface area contributed by atoms with Crippen molar-refractivity contribution in [1.29, 1.82) is 0 Å². The zero-order valence-corrected chi connectivity index (χ0v) is 17.0. The van der Waals surface area contributed by atoms with E-state index in [0.29, 0.717) is 17.1 Å². The first-order valence-corrected chi connectivity index (χ1v) is 9.65. The van der Waals surface area contributed by atoms with Gasteiger partial charge in [0.1, 0.15) is 17.3 Å². The van der Waals surface area contributed by atoms with Crippen molar-refractivity contribution in [3.05, 3.63) is 102 Å². The lowest BCUT2D eigenvalue weighted by atomic mass is 9.89. The van der Waals surface area contributed by atoms with Crippen LogP contribution in [0.3, 0.4) is 0 Å². The Hall–Kier alpha value is -2.11. The molecule has 1 aliphatic heterocycles. The fourth-order valence-corrected chi connectivity index (χ4v) is 3.58. The highest BCUT2D eigenvalue weighted by Gasteiger charge is 2.28. The van der Waals surface area contributed by atoms with Crippen LogP contribution in [-0.2, 0) is 0 Å². The number of aryl methyl sites for hydroxylation is 1. The van der Waals surface area contributed by atoms with E-state index in [-0.39, 0.29) is 11.5 Å². The first-order valence-electron chi connectivity index (χ1n) is 8.07. The van der Waals surface area contributed by atoms with Gasteiger partial charge in [-0.05, 0) is 42.8 Å². The topological polar surface area (TPSA) is 39.4 Å². The molecule has 2 heterocycles. The van der Waals surface area contributed by atoms with Crippen LogP contribution in [0.1, 0.15) is 28.4 Å². The molecule has 0 amide bonds. The van der Waals surface area contributed by atoms with E-state index in [1.54, 1.807) is 13.0 Å². The van der Waals surface area contributed by atoms with Gasteiger partial charge in [0.25, 0.3) is 0 Å². The molecule has 0 aliphatic carbocycles. The number of rotatable bonds is 2. The molecule has 0 fully saturated rings. The molecule has 0 saturated heterocycles. The van der Waals surface area contributed by atoms with Crippen molar-refractivity contribution in [2.24, 2.45) is 0 Å². The summed E-state index contributed by atoms with van der Waals surface area (Å²) in [5.74, 6) is 1.57. The lowest BCUT2D eigenvalue weighted by Crippen LogP contribution is -2.19. The zero-order valence-electron chi connectivity index (χ0n) is 13.8. The summed E-state index contributed by atoms with van der Waals surface area (Å²) in [6.45, 7) is 1.75. The Kier molecular flexibility index (Phi) is 4.59. The van der Waals surface area contributed by atoms with E-state index in [4.69, 9.17) is 9.15 Å². The summed E-state index contributed by atoms with van der Waals surface area (Å²) in [4.78, 5) is 12.5. The van der Waals surface area contributed by atoms with Gasteiger partial charge in [0.2, 0.25) is 0 Å². The predicted octanol–water partition coefficient (Wildman–Crippen LogP) is 6.04. The molecule has 3 aromatic rings. The van der Waals surface area contributed by atoms with E-state index in [1.807, 2.05) is 54.6 Å². The van der Waals surface area contributed by atoms with Crippen LogP contribution in [-0.4, -0.2) is 0 Å². The fourth-order valence-electron chi connectivity index (χ4n) is 3.05. The van der Waals surface area contributed by atoms with Crippen molar-refractivity contribution in [1.82, 2.24) is 0 Å². The lowest BCUT2D eigenvalue weighted by molar-refractivity contribution is 0.431. The normalized spacial score (nSPS) is 15.8. The highest BCUT2D eigenvalue weighted by atomic mass is 79.9. The van der Waals surface area contributed by atoms with Crippen molar-refractivity contribution >= 4 is 37.6 Å². The van der Waals surface area contributed by atoms with E-state index >= 15 is 0 Å². The summed E-state index contributed by atoms with van der Waals surface area (Å²) in [7, 11) is 0. The Balaban J connectivity index is 1.89. The summed E-state index contributed by atoms with van der Waals surface area (Å²) in [6.07, 6.45) is 1.97. The quantitative estimate of drug-likeness (QED) is 0.455. The average Bonchev–Trinajstić information content (AvgIpc) is 2.61. The maximum absolute atomic E-state index is 12.5. The SMILES string of the molecule is Cc1cc2c(c(=O)o1)C(c1ccc(Br)cc1)C=C(c1ccc(Br)cc1)O2. The van der Waals surface area contributed by atoms with Crippen molar-refractivity contribution in [3.8, 4) is 5.75 Å². The Bertz CT molecular complexity index is 1050. The van der Waals surface area contributed by atoms with E-state index in [2.05, 4.69) is 31.9 Å². The molecule has 1 atom stereocenters. The molecule has 130 valence electrons.